The van der Waals surface area contributed by atoms with Gasteiger partial charge >= 0.3 is 0 Å². The standard InChI is InChI=1S/C16H23N5/c1-3-5-13-10-19-12(2)20-16(13)21-9-4-6-14(11-21)15-17-7-8-18-15/h7-8,10,14H,3-6,9,11H2,1-2H3,(H,17,18)/t14-/m1/s1. The highest BCUT2D eigenvalue weighted by atomic mass is 15.2. The Morgan fingerprint density at radius 2 is 2.29 bits per heavy atom. The summed E-state index contributed by atoms with van der Waals surface area (Å²) >= 11 is 0. The average Bonchev–Trinajstić information content (AvgIpc) is 3.04. The van der Waals surface area contributed by atoms with Crippen molar-refractivity contribution in [1.29, 1.82) is 0 Å². The van der Waals surface area contributed by atoms with Crippen molar-refractivity contribution in [3.05, 3.63) is 35.8 Å². The van der Waals surface area contributed by atoms with Gasteiger partial charge in [0.15, 0.2) is 0 Å². The third kappa shape index (κ3) is 3.06. The Bertz CT molecular complexity index is 578. The zero-order chi connectivity index (χ0) is 14.7. The Morgan fingerprint density at radius 3 is 3.05 bits per heavy atom. The van der Waals surface area contributed by atoms with Crippen molar-refractivity contribution in [2.24, 2.45) is 0 Å². The first-order valence-electron chi connectivity index (χ1n) is 7.84. The first-order valence-corrected chi connectivity index (χ1v) is 7.84. The molecule has 0 unspecified atom stereocenters. The van der Waals surface area contributed by atoms with Crippen LogP contribution in [0.15, 0.2) is 18.6 Å². The molecule has 1 fully saturated rings. The molecule has 0 amide bonds. The largest absolute Gasteiger partial charge is 0.356 e. The number of aromatic nitrogens is 4. The Balaban J connectivity index is 1.84. The number of rotatable bonds is 4. The lowest BCUT2D eigenvalue weighted by Crippen LogP contribution is -2.36. The maximum atomic E-state index is 4.72. The molecule has 1 aliphatic rings. The van der Waals surface area contributed by atoms with Gasteiger partial charge in [0.1, 0.15) is 17.5 Å². The van der Waals surface area contributed by atoms with Crippen LogP contribution in [0.4, 0.5) is 5.82 Å². The monoisotopic (exact) mass is 285 g/mol. The van der Waals surface area contributed by atoms with Crippen molar-refractivity contribution in [2.75, 3.05) is 18.0 Å². The number of nitrogens with zero attached hydrogens (tertiary/aromatic N) is 4. The third-order valence-electron chi connectivity index (χ3n) is 4.11. The van der Waals surface area contributed by atoms with Crippen LogP contribution in [0.1, 0.15) is 49.3 Å². The van der Waals surface area contributed by atoms with Crippen molar-refractivity contribution in [3.8, 4) is 0 Å². The summed E-state index contributed by atoms with van der Waals surface area (Å²) in [5.74, 6) is 3.55. The minimum atomic E-state index is 0.471. The van der Waals surface area contributed by atoms with E-state index < -0.39 is 0 Å². The molecule has 112 valence electrons. The van der Waals surface area contributed by atoms with Crippen LogP contribution in [0.2, 0.25) is 0 Å². The van der Waals surface area contributed by atoms with Crippen LogP contribution in [0, 0.1) is 6.92 Å². The van der Waals surface area contributed by atoms with Crippen molar-refractivity contribution in [2.45, 2.75) is 45.4 Å². The molecule has 21 heavy (non-hydrogen) atoms. The van der Waals surface area contributed by atoms with Gasteiger partial charge in [-0.15, -0.1) is 0 Å². The van der Waals surface area contributed by atoms with Gasteiger partial charge < -0.3 is 9.88 Å². The molecule has 0 saturated carbocycles. The normalized spacial score (nSPS) is 19.0. The van der Waals surface area contributed by atoms with Crippen molar-refractivity contribution < 1.29 is 0 Å². The third-order valence-corrected chi connectivity index (χ3v) is 4.11. The van der Waals surface area contributed by atoms with Gasteiger partial charge in [-0.25, -0.2) is 15.0 Å². The second kappa shape index (κ2) is 6.24. The Labute approximate surface area is 125 Å². The molecule has 5 nitrogen and oxygen atoms in total. The van der Waals surface area contributed by atoms with Crippen LogP contribution in [-0.2, 0) is 6.42 Å². The summed E-state index contributed by atoms with van der Waals surface area (Å²) < 4.78 is 0. The van der Waals surface area contributed by atoms with E-state index in [0.29, 0.717) is 5.92 Å². The second-order valence-electron chi connectivity index (χ2n) is 5.78. The molecular formula is C16H23N5. The van der Waals surface area contributed by atoms with E-state index in [0.717, 1.165) is 43.4 Å². The van der Waals surface area contributed by atoms with E-state index in [-0.39, 0.29) is 0 Å². The van der Waals surface area contributed by atoms with Crippen molar-refractivity contribution in [1.82, 2.24) is 19.9 Å². The Morgan fingerprint density at radius 1 is 1.38 bits per heavy atom. The molecular weight excluding hydrogens is 262 g/mol. The molecule has 1 N–H and O–H groups in total. The Kier molecular flexibility index (Phi) is 4.18. The Hall–Kier alpha value is -1.91. The van der Waals surface area contributed by atoms with Crippen LogP contribution in [-0.4, -0.2) is 33.0 Å². The summed E-state index contributed by atoms with van der Waals surface area (Å²) in [7, 11) is 0. The van der Waals surface area contributed by atoms with E-state index in [1.165, 1.54) is 18.4 Å². The topological polar surface area (TPSA) is 57.7 Å². The second-order valence-corrected chi connectivity index (χ2v) is 5.78. The van der Waals surface area contributed by atoms with Crippen LogP contribution in [0.5, 0.6) is 0 Å². The predicted molar refractivity (Wildman–Crippen MR) is 83.5 cm³/mol. The highest BCUT2D eigenvalue weighted by Crippen LogP contribution is 2.29. The van der Waals surface area contributed by atoms with Crippen molar-refractivity contribution >= 4 is 5.82 Å². The molecule has 2 aromatic rings. The highest BCUT2D eigenvalue weighted by Gasteiger charge is 2.25. The minimum Gasteiger partial charge on any atom is -0.356 e. The number of aryl methyl sites for hydroxylation is 2. The molecule has 1 atom stereocenters. The van der Waals surface area contributed by atoms with E-state index in [4.69, 9.17) is 4.98 Å². The molecule has 3 rings (SSSR count). The van der Waals surface area contributed by atoms with Crippen LogP contribution >= 0.6 is 0 Å². The van der Waals surface area contributed by atoms with Gasteiger partial charge in [-0.3, -0.25) is 0 Å². The number of imidazole rings is 1. The zero-order valence-electron chi connectivity index (χ0n) is 12.8. The molecule has 0 radical (unpaired) electrons. The number of aromatic amines is 1. The maximum absolute atomic E-state index is 4.72. The van der Waals surface area contributed by atoms with Gasteiger partial charge in [-0.05, 0) is 26.2 Å². The van der Waals surface area contributed by atoms with Gasteiger partial charge in [0.05, 0.1) is 0 Å². The van der Waals surface area contributed by atoms with Gasteiger partial charge in [0, 0.05) is 43.2 Å². The lowest BCUT2D eigenvalue weighted by atomic mass is 9.97. The van der Waals surface area contributed by atoms with Crippen molar-refractivity contribution in [3.63, 3.8) is 0 Å². The van der Waals surface area contributed by atoms with Gasteiger partial charge in [0.2, 0.25) is 0 Å². The molecule has 0 aromatic carbocycles. The first-order chi connectivity index (χ1) is 10.3. The van der Waals surface area contributed by atoms with Gasteiger partial charge in [-0.1, -0.05) is 13.3 Å². The summed E-state index contributed by atoms with van der Waals surface area (Å²) in [5.41, 5.74) is 1.27. The lowest BCUT2D eigenvalue weighted by molar-refractivity contribution is 0.490. The summed E-state index contributed by atoms with van der Waals surface area (Å²) in [6.45, 7) is 6.23. The number of hydrogen-bond donors (Lipinski definition) is 1. The zero-order valence-corrected chi connectivity index (χ0v) is 12.8. The molecule has 0 aliphatic carbocycles. The molecule has 0 bridgehead atoms. The summed E-state index contributed by atoms with van der Waals surface area (Å²) in [4.78, 5) is 19.2. The van der Waals surface area contributed by atoms with Crippen LogP contribution in [0.25, 0.3) is 0 Å². The van der Waals surface area contributed by atoms with E-state index in [1.807, 2.05) is 25.5 Å². The SMILES string of the molecule is CCCc1cnc(C)nc1N1CCC[C@@H](c2ncc[nH]2)C1. The molecule has 0 spiro atoms. The van der Waals surface area contributed by atoms with E-state index in [1.54, 1.807) is 0 Å². The fraction of sp³-hybridized carbons (Fsp3) is 0.562. The smallest absolute Gasteiger partial charge is 0.135 e. The lowest BCUT2D eigenvalue weighted by Gasteiger charge is -2.34. The number of hydrogen-bond acceptors (Lipinski definition) is 4. The summed E-state index contributed by atoms with van der Waals surface area (Å²) in [5, 5.41) is 0. The number of H-pyrrole nitrogens is 1. The molecule has 5 heteroatoms. The number of anilines is 1. The van der Waals surface area contributed by atoms with E-state index >= 15 is 0 Å². The van der Waals surface area contributed by atoms with Gasteiger partial charge in [0.25, 0.3) is 0 Å². The molecule has 1 saturated heterocycles. The maximum Gasteiger partial charge on any atom is 0.135 e. The molecule has 3 heterocycles. The summed E-state index contributed by atoms with van der Waals surface area (Å²) in [6, 6.07) is 0. The predicted octanol–water partition coefficient (Wildman–Crippen LogP) is 2.84. The van der Waals surface area contributed by atoms with Gasteiger partial charge in [-0.2, -0.15) is 0 Å². The highest BCUT2D eigenvalue weighted by molar-refractivity contribution is 5.47. The summed E-state index contributed by atoms with van der Waals surface area (Å²) in [6.07, 6.45) is 10.3. The first kappa shape index (κ1) is 14.0. The average molecular weight is 285 g/mol. The van der Waals surface area contributed by atoms with E-state index in [9.17, 15) is 0 Å². The van der Waals surface area contributed by atoms with E-state index in [2.05, 4.69) is 26.8 Å². The minimum absolute atomic E-state index is 0.471. The molecule has 2 aromatic heterocycles. The fourth-order valence-electron chi connectivity index (χ4n) is 3.10. The van der Waals surface area contributed by atoms with Crippen LogP contribution in [0.3, 0.4) is 0 Å². The quantitative estimate of drug-likeness (QED) is 0.938. The number of nitrogens with one attached hydrogen (secondary N) is 1. The fourth-order valence-corrected chi connectivity index (χ4v) is 3.10. The van der Waals surface area contributed by atoms with Crippen LogP contribution < -0.4 is 4.90 Å². The number of piperidine rings is 1. The molecule has 1 aliphatic heterocycles.